The molecule has 1 atom stereocenters. The molecule has 1 unspecified atom stereocenters. The molecule has 2 fully saturated rings. The first kappa shape index (κ1) is 14.7. The van der Waals surface area contributed by atoms with Crippen LogP contribution in [-0.4, -0.2) is 26.3 Å². The van der Waals surface area contributed by atoms with Crippen LogP contribution in [0.4, 0.5) is 0 Å². The lowest BCUT2D eigenvalue weighted by Crippen LogP contribution is -2.37. The molecule has 2 aliphatic rings. The van der Waals surface area contributed by atoms with E-state index in [4.69, 9.17) is 15.2 Å². The summed E-state index contributed by atoms with van der Waals surface area (Å²) in [5, 5.41) is 3.38. The van der Waals surface area contributed by atoms with Crippen molar-refractivity contribution in [3.05, 3.63) is 23.8 Å². The molecule has 1 aliphatic carbocycles. The van der Waals surface area contributed by atoms with E-state index in [1.165, 1.54) is 18.4 Å². The van der Waals surface area contributed by atoms with Gasteiger partial charge in [-0.05, 0) is 49.9 Å². The average molecular weight is 290 g/mol. The van der Waals surface area contributed by atoms with Crippen LogP contribution in [0.5, 0.6) is 11.5 Å². The maximum absolute atomic E-state index is 6.57. The number of hydrogen-bond donors (Lipinski definition) is 2. The molecule has 1 heterocycles. The van der Waals surface area contributed by atoms with Crippen molar-refractivity contribution >= 4 is 0 Å². The van der Waals surface area contributed by atoms with Crippen LogP contribution in [0.25, 0.3) is 0 Å². The highest BCUT2D eigenvalue weighted by Gasteiger charge is 2.32. The molecule has 4 heteroatoms. The summed E-state index contributed by atoms with van der Waals surface area (Å²) in [5.41, 5.74) is 7.56. The van der Waals surface area contributed by atoms with Crippen LogP contribution in [-0.2, 0) is 5.54 Å². The molecule has 4 nitrogen and oxygen atoms in total. The number of ether oxygens (including phenoxy) is 2. The Morgan fingerprint density at radius 1 is 1.19 bits per heavy atom. The first-order chi connectivity index (χ1) is 10.2. The van der Waals surface area contributed by atoms with E-state index in [9.17, 15) is 0 Å². The number of piperidine rings is 1. The van der Waals surface area contributed by atoms with Crippen LogP contribution in [0.2, 0.25) is 0 Å². The van der Waals surface area contributed by atoms with E-state index in [2.05, 4.69) is 17.4 Å². The van der Waals surface area contributed by atoms with Gasteiger partial charge in [0.1, 0.15) is 6.10 Å². The fourth-order valence-electron chi connectivity index (χ4n) is 3.47. The van der Waals surface area contributed by atoms with E-state index in [0.717, 1.165) is 50.3 Å². The molecule has 0 radical (unpaired) electrons. The number of benzene rings is 1. The molecule has 0 spiro atoms. The number of nitrogens with two attached hydrogens (primary N) is 1. The highest BCUT2D eigenvalue weighted by atomic mass is 16.5. The maximum atomic E-state index is 6.57. The summed E-state index contributed by atoms with van der Waals surface area (Å²) < 4.78 is 11.6. The monoisotopic (exact) mass is 290 g/mol. The second kappa shape index (κ2) is 6.24. The largest absolute Gasteiger partial charge is 0.493 e. The Labute approximate surface area is 127 Å². The quantitative estimate of drug-likeness (QED) is 0.895. The lowest BCUT2D eigenvalue weighted by atomic mass is 9.89. The third-order valence-electron chi connectivity index (χ3n) is 4.78. The smallest absolute Gasteiger partial charge is 0.161 e. The summed E-state index contributed by atoms with van der Waals surface area (Å²) in [6, 6.07) is 6.18. The standard InChI is InChI=1S/C17H26N2O2/c1-20-15-7-6-13(17(18)8-2-3-9-17)11-16(15)21-14-5-4-10-19-12-14/h6-7,11,14,19H,2-5,8-10,12,18H2,1H3. The van der Waals surface area contributed by atoms with Gasteiger partial charge >= 0.3 is 0 Å². The highest BCUT2D eigenvalue weighted by Crippen LogP contribution is 2.40. The van der Waals surface area contributed by atoms with Crippen LogP contribution in [0.3, 0.4) is 0 Å². The van der Waals surface area contributed by atoms with Crippen LogP contribution < -0.4 is 20.5 Å². The summed E-state index contributed by atoms with van der Waals surface area (Å²) in [5.74, 6) is 1.63. The second-order valence-corrected chi connectivity index (χ2v) is 6.32. The third kappa shape index (κ3) is 3.16. The molecule has 3 N–H and O–H groups in total. The van der Waals surface area contributed by atoms with E-state index < -0.39 is 0 Å². The van der Waals surface area contributed by atoms with Gasteiger partial charge in [-0.25, -0.2) is 0 Å². The van der Waals surface area contributed by atoms with E-state index in [1.54, 1.807) is 7.11 Å². The van der Waals surface area contributed by atoms with E-state index in [1.807, 2.05) is 6.07 Å². The van der Waals surface area contributed by atoms with E-state index in [-0.39, 0.29) is 11.6 Å². The minimum atomic E-state index is -0.185. The zero-order valence-corrected chi connectivity index (χ0v) is 12.9. The van der Waals surface area contributed by atoms with Gasteiger partial charge in [0.05, 0.1) is 7.11 Å². The Bertz CT molecular complexity index is 478. The summed E-state index contributed by atoms with van der Waals surface area (Å²) in [4.78, 5) is 0. The van der Waals surface area contributed by atoms with Gasteiger partial charge in [0.2, 0.25) is 0 Å². The van der Waals surface area contributed by atoms with Gasteiger partial charge in [-0.2, -0.15) is 0 Å². The molecule has 1 saturated carbocycles. The van der Waals surface area contributed by atoms with Crippen molar-refractivity contribution in [2.45, 2.75) is 50.2 Å². The number of methoxy groups -OCH3 is 1. The number of hydrogen-bond acceptors (Lipinski definition) is 4. The highest BCUT2D eigenvalue weighted by molar-refractivity contribution is 5.45. The Balaban J connectivity index is 1.82. The summed E-state index contributed by atoms with van der Waals surface area (Å²) >= 11 is 0. The Morgan fingerprint density at radius 3 is 2.67 bits per heavy atom. The number of rotatable bonds is 4. The SMILES string of the molecule is COc1ccc(C2(N)CCCC2)cc1OC1CCCNC1. The zero-order valence-electron chi connectivity index (χ0n) is 12.9. The fraction of sp³-hybridized carbons (Fsp3) is 0.647. The summed E-state index contributed by atoms with van der Waals surface area (Å²) in [6.07, 6.45) is 7.02. The molecule has 3 rings (SSSR count). The predicted molar refractivity (Wildman–Crippen MR) is 83.8 cm³/mol. The van der Waals surface area contributed by atoms with Crippen LogP contribution >= 0.6 is 0 Å². The van der Waals surface area contributed by atoms with Crippen molar-refractivity contribution in [3.63, 3.8) is 0 Å². The van der Waals surface area contributed by atoms with Gasteiger partial charge < -0.3 is 20.5 Å². The first-order valence-electron chi connectivity index (χ1n) is 8.06. The van der Waals surface area contributed by atoms with Gasteiger partial charge in [0, 0.05) is 12.1 Å². The summed E-state index contributed by atoms with van der Waals surface area (Å²) in [7, 11) is 1.69. The molecule has 0 bridgehead atoms. The van der Waals surface area contributed by atoms with Crippen molar-refractivity contribution < 1.29 is 9.47 Å². The minimum Gasteiger partial charge on any atom is -0.493 e. The fourth-order valence-corrected chi connectivity index (χ4v) is 3.47. The first-order valence-corrected chi connectivity index (χ1v) is 8.06. The second-order valence-electron chi connectivity index (χ2n) is 6.32. The molecular formula is C17H26N2O2. The van der Waals surface area contributed by atoms with E-state index >= 15 is 0 Å². The normalized spacial score (nSPS) is 24.8. The van der Waals surface area contributed by atoms with Crippen LogP contribution in [0.1, 0.15) is 44.1 Å². The van der Waals surface area contributed by atoms with Crippen molar-refractivity contribution in [2.24, 2.45) is 5.73 Å². The minimum absolute atomic E-state index is 0.185. The Morgan fingerprint density at radius 2 is 2.00 bits per heavy atom. The van der Waals surface area contributed by atoms with Gasteiger partial charge in [-0.1, -0.05) is 18.9 Å². The molecule has 21 heavy (non-hydrogen) atoms. The van der Waals surface area contributed by atoms with Crippen molar-refractivity contribution in [2.75, 3.05) is 20.2 Å². The van der Waals surface area contributed by atoms with Crippen LogP contribution in [0.15, 0.2) is 18.2 Å². The number of nitrogens with one attached hydrogen (secondary N) is 1. The van der Waals surface area contributed by atoms with Gasteiger partial charge in [0.15, 0.2) is 11.5 Å². The van der Waals surface area contributed by atoms with Crippen LogP contribution in [0, 0.1) is 0 Å². The molecule has 0 amide bonds. The molecule has 1 aliphatic heterocycles. The molecule has 1 saturated heterocycles. The van der Waals surface area contributed by atoms with Crippen molar-refractivity contribution in [1.82, 2.24) is 5.32 Å². The zero-order chi connectivity index (χ0) is 14.7. The van der Waals surface area contributed by atoms with E-state index in [0.29, 0.717) is 0 Å². The lowest BCUT2D eigenvalue weighted by molar-refractivity contribution is 0.161. The molecule has 116 valence electrons. The van der Waals surface area contributed by atoms with Gasteiger partial charge in [-0.3, -0.25) is 0 Å². The molecule has 0 aromatic heterocycles. The maximum Gasteiger partial charge on any atom is 0.161 e. The van der Waals surface area contributed by atoms with Gasteiger partial charge in [-0.15, -0.1) is 0 Å². The molecular weight excluding hydrogens is 264 g/mol. The topological polar surface area (TPSA) is 56.5 Å². The summed E-state index contributed by atoms with van der Waals surface area (Å²) in [6.45, 7) is 1.99. The Hall–Kier alpha value is -1.26. The predicted octanol–water partition coefficient (Wildman–Crippen LogP) is 2.55. The van der Waals surface area contributed by atoms with Crippen molar-refractivity contribution in [1.29, 1.82) is 0 Å². The Kier molecular flexibility index (Phi) is 4.36. The lowest BCUT2D eigenvalue weighted by Gasteiger charge is -2.28. The molecule has 1 aromatic carbocycles. The van der Waals surface area contributed by atoms with Gasteiger partial charge in [0.25, 0.3) is 0 Å². The third-order valence-corrected chi connectivity index (χ3v) is 4.78. The molecule has 1 aromatic rings. The van der Waals surface area contributed by atoms with Crippen molar-refractivity contribution in [3.8, 4) is 11.5 Å². The average Bonchev–Trinajstić information content (AvgIpc) is 2.96.